The number of piperidine rings is 1. The molecule has 4 rings (SSSR count). The van der Waals surface area contributed by atoms with E-state index >= 15 is 0 Å². The molecule has 4 heterocycles. The van der Waals surface area contributed by atoms with Crippen LogP contribution in [0.15, 0.2) is 53.7 Å². The van der Waals surface area contributed by atoms with E-state index in [-0.39, 0.29) is 5.56 Å². The Hall–Kier alpha value is -2.40. The van der Waals surface area contributed by atoms with Gasteiger partial charge in [-0.05, 0) is 67.6 Å². The first-order chi connectivity index (χ1) is 11.8. The van der Waals surface area contributed by atoms with Crippen molar-refractivity contribution >= 4 is 5.52 Å². The largest absolute Gasteiger partial charge is 0.329 e. The first-order valence-electron chi connectivity index (χ1n) is 8.58. The highest BCUT2D eigenvalue weighted by molar-refractivity contribution is 5.47. The molecule has 1 saturated heterocycles. The predicted molar refractivity (Wildman–Crippen MR) is 94.0 cm³/mol. The quantitative estimate of drug-likeness (QED) is 0.803. The van der Waals surface area contributed by atoms with E-state index in [4.69, 9.17) is 0 Å². The van der Waals surface area contributed by atoms with Gasteiger partial charge in [-0.2, -0.15) is 5.10 Å². The van der Waals surface area contributed by atoms with E-state index in [0.717, 1.165) is 31.6 Å². The van der Waals surface area contributed by atoms with E-state index in [9.17, 15) is 4.79 Å². The fourth-order valence-electron chi connectivity index (χ4n) is 3.58. The maximum absolute atomic E-state index is 11.1. The third kappa shape index (κ3) is 3.41. The summed E-state index contributed by atoms with van der Waals surface area (Å²) in [4.78, 5) is 16.4. The van der Waals surface area contributed by atoms with Crippen LogP contribution in [0, 0.1) is 5.92 Å². The van der Waals surface area contributed by atoms with Gasteiger partial charge in [0.05, 0.1) is 5.52 Å². The van der Waals surface area contributed by atoms with Gasteiger partial charge in [-0.25, -0.2) is 4.52 Å². The number of aromatic nitrogens is 3. The van der Waals surface area contributed by atoms with Gasteiger partial charge in [0, 0.05) is 31.2 Å². The molecule has 0 amide bonds. The van der Waals surface area contributed by atoms with Gasteiger partial charge >= 0.3 is 0 Å². The van der Waals surface area contributed by atoms with Crippen LogP contribution < -0.4 is 5.56 Å². The number of nitrogens with zero attached hydrogens (tertiary/aromatic N) is 3. The van der Waals surface area contributed by atoms with E-state index in [1.165, 1.54) is 24.0 Å². The van der Waals surface area contributed by atoms with Crippen LogP contribution in [0.3, 0.4) is 0 Å². The van der Waals surface area contributed by atoms with Crippen LogP contribution in [0.2, 0.25) is 0 Å². The van der Waals surface area contributed by atoms with Crippen molar-refractivity contribution in [1.29, 1.82) is 0 Å². The van der Waals surface area contributed by atoms with Crippen molar-refractivity contribution in [3.8, 4) is 0 Å². The summed E-state index contributed by atoms with van der Waals surface area (Å²) in [6.07, 6.45) is 9.22. The van der Waals surface area contributed by atoms with Crippen LogP contribution in [0.25, 0.3) is 5.52 Å². The zero-order valence-electron chi connectivity index (χ0n) is 13.7. The number of H-pyrrole nitrogens is 1. The molecule has 5 heteroatoms. The minimum atomic E-state index is -0.0243. The topological polar surface area (TPSA) is 53.4 Å². The van der Waals surface area contributed by atoms with Crippen molar-refractivity contribution in [3.63, 3.8) is 0 Å². The molecule has 0 aromatic carbocycles. The van der Waals surface area contributed by atoms with Crippen molar-refractivity contribution in [2.75, 3.05) is 13.1 Å². The normalized spacial score (nSPS) is 16.7. The molecule has 124 valence electrons. The number of fused-ring (bicyclic) bond motifs is 1. The molecule has 1 aliphatic heterocycles. The Bertz CT molecular complexity index is 854. The highest BCUT2D eigenvalue weighted by atomic mass is 16.1. The van der Waals surface area contributed by atoms with Crippen LogP contribution in [0.5, 0.6) is 0 Å². The van der Waals surface area contributed by atoms with Gasteiger partial charge in [0.15, 0.2) is 0 Å². The summed E-state index contributed by atoms with van der Waals surface area (Å²) < 4.78 is 1.90. The van der Waals surface area contributed by atoms with Crippen LogP contribution in [0.1, 0.15) is 24.0 Å². The van der Waals surface area contributed by atoms with Gasteiger partial charge < -0.3 is 4.98 Å². The summed E-state index contributed by atoms with van der Waals surface area (Å²) >= 11 is 0. The van der Waals surface area contributed by atoms with Gasteiger partial charge in [0.25, 0.3) is 0 Å². The number of pyridine rings is 2. The minimum Gasteiger partial charge on any atom is -0.329 e. The number of hydrogen-bond acceptors (Lipinski definition) is 3. The van der Waals surface area contributed by atoms with Crippen LogP contribution in [-0.4, -0.2) is 32.6 Å². The van der Waals surface area contributed by atoms with E-state index < -0.39 is 0 Å². The van der Waals surface area contributed by atoms with Crippen molar-refractivity contribution in [3.05, 3.63) is 70.4 Å². The van der Waals surface area contributed by atoms with Gasteiger partial charge in [-0.1, -0.05) is 6.07 Å². The predicted octanol–water partition coefficient (Wildman–Crippen LogP) is 2.48. The Balaban J connectivity index is 1.32. The maximum Gasteiger partial charge on any atom is 0.247 e. The second kappa shape index (κ2) is 6.61. The van der Waals surface area contributed by atoms with E-state index in [0.29, 0.717) is 5.92 Å². The Kier molecular flexibility index (Phi) is 4.17. The monoisotopic (exact) mass is 322 g/mol. The highest BCUT2D eigenvalue weighted by Crippen LogP contribution is 2.22. The summed E-state index contributed by atoms with van der Waals surface area (Å²) in [6, 6.07) is 9.99. The number of nitrogens with one attached hydrogen (secondary N) is 1. The first-order valence-corrected chi connectivity index (χ1v) is 8.58. The molecule has 0 atom stereocenters. The summed E-state index contributed by atoms with van der Waals surface area (Å²) in [5.74, 6) is 0.712. The van der Waals surface area contributed by atoms with Crippen LogP contribution in [0.4, 0.5) is 0 Å². The van der Waals surface area contributed by atoms with Gasteiger partial charge in [-0.3, -0.25) is 9.69 Å². The number of rotatable bonds is 4. The third-order valence-corrected chi connectivity index (χ3v) is 4.95. The fourth-order valence-corrected chi connectivity index (χ4v) is 3.58. The van der Waals surface area contributed by atoms with Gasteiger partial charge in [0.1, 0.15) is 0 Å². The summed E-state index contributed by atoms with van der Waals surface area (Å²) in [5.41, 5.74) is 3.71. The molecule has 0 radical (unpaired) electrons. The minimum absolute atomic E-state index is 0.0243. The molecular weight excluding hydrogens is 300 g/mol. The van der Waals surface area contributed by atoms with Crippen molar-refractivity contribution < 1.29 is 0 Å². The number of hydrogen-bond donors (Lipinski definition) is 1. The second-order valence-corrected chi connectivity index (χ2v) is 6.72. The Morgan fingerprint density at radius 1 is 1.12 bits per heavy atom. The Morgan fingerprint density at radius 3 is 2.79 bits per heavy atom. The molecule has 1 N–H and O–H groups in total. The van der Waals surface area contributed by atoms with E-state index in [2.05, 4.69) is 27.1 Å². The van der Waals surface area contributed by atoms with Crippen LogP contribution in [-0.2, 0) is 13.0 Å². The van der Waals surface area contributed by atoms with Gasteiger partial charge in [0.2, 0.25) is 5.56 Å². The molecule has 0 bridgehead atoms. The fraction of sp³-hybridized carbons (Fsp3) is 0.368. The van der Waals surface area contributed by atoms with E-state index in [1.807, 2.05) is 35.2 Å². The summed E-state index contributed by atoms with van der Waals surface area (Å²) in [7, 11) is 0. The molecule has 5 nitrogen and oxygen atoms in total. The Labute approximate surface area is 140 Å². The maximum atomic E-state index is 11.1. The van der Waals surface area contributed by atoms with Crippen LogP contribution >= 0.6 is 0 Å². The van der Waals surface area contributed by atoms with Crippen molar-refractivity contribution in [2.45, 2.75) is 25.8 Å². The lowest BCUT2D eigenvalue weighted by molar-refractivity contribution is 0.177. The zero-order valence-corrected chi connectivity index (χ0v) is 13.7. The summed E-state index contributed by atoms with van der Waals surface area (Å²) in [5, 5.41) is 4.24. The molecule has 3 aromatic heterocycles. The molecule has 0 unspecified atom stereocenters. The third-order valence-electron chi connectivity index (χ3n) is 4.95. The molecule has 0 spiro atoms. The lowest BCUT2D eigenvalue weighted by atomic mass is 9.90. The average molecular weight is 322 g/mol. The van der Waals surface area contributed by atoms with E-state index in [1.54, 1.807) is 6.07 Å². The molecular formula is C19H22N4O. The molecule has 0 saturated carbocycles. The lowest BCUT2D eigenvalue weighted by Gasteiger charge is -2.32. The standard InChI is InChI=1S/C19H22N4O/c24-19-2-1-16(13-20-19)11-15-4-8-22(9-5-15)14-17-6-10-23-18(12-17)3-7-21-23/h1-3,6-7,10,12-13,15H,4-5,8-9,11,14H2,(H,20,24). The van der Waals surface area contributed by atoms with Crippen molar-refractivity contribution in [2.24, 2.45) is 5.92 Å². The van der Waals surface area contributed by atoms with Gasteiger partial charge in [-0.15, -0.1) is 0 Å². The lowest BCUT2D eigenvalue weighted by Crippen LogP contribution is -2.33. The second-order valence-electron chi connectivity index (χ2n) is 6.72. The molecule has 0 aliphatic carbocycles. The van der Waals surface area contributed by atoms with Crippen molar-refractivity contribution in [1.82, 2.24) is 19.5 Å². The summed E-state index contributed by atoms with van der Waals surface area (Å²) in [6.45, 7) is 3.28. The zero-order chi connectivity index (χ0) is 16.4. The Morgan fingerprint density at radius 2 is 2.00 bits per heavy atom. The SMILES string of the molecule is O=c1ccc(CC2CCN(Cc3ccn4nccc4c3)CC2)c[nH]1. The average Bonchev–Trinajstić information content (AvgIpc) is 3.06. The smallest absolute Gasteiger partial charge is 0.247 e. The molecule has 1 aliphatic rings. The number of likely N-dealkylation sites (tertiary alicyclic amines) is 1. The molecule has 3 aromatic rings. The highest BCUT2D eigenvalue weighted by Gasteiger charge is 2.19. The number of aromatic amines is 1. The first kappa shape index (κ1) is 15.1. The molecule has 24 heavy (non-hydrogen) atoms. The molecule has 1 fully saturated rings.